The van der Waals surface area contributed by atoms with E-state index in [1.54, 1.807) is 35.6 Å². The maximum absolute atomic E-state index is 12.7. The van der Waals surface area contributed by atoms with E-state index >= 15 is 0 Å². The Morgan fingerprint density at radius 1 is 0.833 bits per heavy atom. The number of amides is 3. The normalized spacial score (nSPS) is 10.4. The highest BCUT2D eigenvalue weighted by molar-refractivity contribution is 7.17. The smallest absolute Gasteiger partial charge is 0.321 e. The van der Waals surface area contributed by atoms with Crippen LogP contribution < -0.4 is 16.0 Å². The highest BCUT2D eigenvalue weighted by Gasteiger charge is 2.16. The Labute approximate surface area is 181 Å². The van der Waals surface area contributed by atoms with Crippen LogP contribution in [-0.4, -0.2) is 16.9 Å². The number of thiazole rings is 1. The minimum absolute atomic E-state index is 0.200. The van der Waals surface area contributed by atoms with Gasteiger partial charge in [-0.2, -0.15) is 11.3 Å². The summed E-state index contributed by atoms with van der Waals surface area (Å²) in [6.45, 7) is 1.83. The predicted octanol–water partition coefficient (Wildman–Crippen LogP) is 6.08. The fourth-order valence-electron chi connectivity index (χ4n) is 2.76. The van der Waals surface area contributed by atoms with Crippen molar-refractivity contribution in [2.45, 2.75) is 6.92 Å². The van der Waals surface area contributed by atoms with Crippen LogP contribution >= 0.6 is 22.7 Å². The summed E-state index contributed by atoms with van der Waals surface area (Å²) in [5.41, 5.74) is 3.70. The third-order valence-electron chi connectivity index (χ3n) is 4.20. The van der Waals surface area contributed by atoms with E-state index in [0.717, 1.165) is 10.6 Å². The molecule has 0 bridgehead atoms. The van der Waals surface area contributed by atoms with Gasteiger partial charge in [0.05, 0.1) is 5.69 Å². The zero-order valence-electron chi connectivity index (χ0n) is 16.0. The molecule has 0 spiro atoms. The van der Waals surface area contributed by atoms with Crippen molar-refractivity contribution in [1.29, 1.82) is 0 Å². The molecule has 0 saturated carbocycles. The molecule has 0 aliphatic rings. The van der Waals surface area contributed by atoms with Crippen molar-refractivity contribution in [3.8, 4) is 10.6 Å². The Kier molecular flexibility index (Phi) is 5.87. The molecule has 3 N–H and O–H groups in total. The standard InChI is InChI=1S/C22H18N4O2S2/c1-14-19(30-21(23-14)15-11-12-29-13-15)20(27)24-17-7-9-18(10-8-17)26-22(28)25-16-5-3-2-4-6-16/h2-13H,1H3,(H,24,27)(H2,25,26,28). The van der Waals surface area contributed by atoms with Crippen LogP contribution in [0.5, 0.6) is 0 Å². The predicted molar refractivity (Wildman–Crippen MR) is 124 cm³/mol. The minimum Gasteiger partial charge on any atom is -0.321 e. The van der Waals surface area contributed by atoms with Gasteiger partial charge in [-0.1, -0.05) is 18.2 Å². The zero-order valence-corrected chi connectivity index (χ0v) is 17.6. The SMILES string of the molecule is Cc1nc(-c2ccsc2)sc1C(=O)Nc1ccc(NC(=O)Nc2ccccc2)cc1. The summed E-state index contributed by atoms with van der Waals surface area (Å²) < 4.78 is 0. The summed E-state index contributed by atoms with van der Waals surface area (Å²) in [6, 6.07) is 17.8. The van der Waals surface area contributed by atoms with Crippen molar-refractivity contribution < 1.29 is 9.59 Å². The van der Waals surface area contributed by atoms with Crippen molar-refractivity contribution in [2.24, 2.45) is 0 Å². The van der Waals surface area contributed by atoms with Crippen molar-refractivity contribution >= 4 is 51.7 Å². The van der Waals surface area contributed by atoms with E-state index in [2.05, 4.69) is 20.9 Å². The van der Waals surface area contributed by atoms with Crippen molar-refractivity contribution in [2.75, 3.05) is 16.0 Å². The van der Waals surface area contributed by atoms with Gasteiger partial charge in [0.15, 0.2) is 0 Å². The highest BCUT2D eigenvalue weighted by atomic mass is 32.1. The summed E-state index contributed by atoms with van der Waals surface area (Å²) in [7, 11) is 0. The number of hydrogen-bond acceptors (Lipinski definition) is 5. The van der Waals surface area contributed by atoms with E-state index < -0.39 is 0 Å². The van der Waals surface area contributed by atoms with Crippen LogP contribution in [-0.2, 0) is 0 Å². The lowest BCUT2D eigenvalue weighted by Crippen LogP contribution is -2.19. The minimum atomic E-state index is -0.334. The lowest BCUT2D eigenvalue weighted by molar-refractivity contribution is 0.103. The van der Waals surface area contributed by atoms with E-state index in [0.29, 0.717) is 27.6 Å². The molecule has 4 aromatic rings. The molecule has 0 unspecified atom stereocenters. The van der Waals surface area contributed by atoms with E-state index in [1.165, 1.54) is 11.3 Å². The first-order valence-corrected chi connectivity index (χ1v) is 10.9. The number of urea groups is 1. The maximum Gasteiger partial charge on any atom is 0.323 e. The van der Waals surface area contributed by atoms with Crippen molar-refractivity contribution in [3.05, 3.63) is 82.0 Å². The molecule has 30 heavy (non-hydrogen) atoms. The van der Waals surface area contributed by atoms with Crippen LogP contribution in [0.15, 0.2) is 71.4 Å². The number of benzene rings is 2. The number of carbonyl (C=O) groups excluding carboxylic acids is 2. The van der Waals surface area contributed by atoms with Gasteiger partial charge in [-0.25, -0.2) is 9.78 Å². The third kappa shape index (κ3) is 4.73. The van der Waals surface area contributed by atoms with Crippen LogP contribution in [0.25, 0.3) is 10.6 Å². The van der Waals surface area contributed by atoms with Crippen LogP contribution in [0.4, 0.5) is 21.9 Å². The van der Waals surface area contributed by atoms with Crippen LogP contribution in [0.1, 0.15) is 15.4 Å². The topological polar surface area (TPSA) is 83.1 Å². The Bertz CT molecular complexity index is 1150. The van der Waals surface area contributed by atoms with Gasteiger partial charge < -0.3 is 16.0 Å². The summed E-state index contributed by atoms with van der Waals surface area (Å²) in [5, 5.41) is 13.2. The number of nitrogens with zero attached hydrogens (tertiary/aromatic N) is 1. The molecule has 2 aromatic heterocycles. The molecule has 0 saturated heterocycles. The van der Waals surface area contributed by atoms with Gasteiger partial charge in [-0.15, -0.1) is 11.3 Å². The van der Waals surface area contributed by atoms with Crippen molar-refractivity contribution in [3.63, 3.8) is 0 Å². The average Bonchev–Trinajstić information content (AvgIpc) is 3.40. The number of aryl methyl sites for hydroxylation is 1. The van der Waals surface area contributed by atoms with Crippen LogP contribution in [0, 0.1) is 6.92 Å². The lowest BCUT2D eigenvalue weighted by Gasteiger charge is -2.09. The van der Waals surface area contributed by atoms with Crippen LogP contribution in [0.2, 0.25) is 0 Å². The second kappa shape index (κ2) is 8.89. The molecule has 6 nitrogen and oxygen atoms in total. The summed E-state index contributed by atoms with van der Waals surface area (Å²) in [6.07, 6.45) is 0. The molecular formula is C22H18N4O2S2. The molecule has 0 atom stereocenters. The molecular weight excluding hydrogens is 416 g/mol. The van der Waals surface area contributed by atoms with Crippen molar-refractivity contribution in [1.82, 2.24) is 4.98 Å². The number of anilines is 3. The van der Waals surface area contributed by atoms with Gasteiger partial charge in [0.25, 0.3) is 5.91 Å². The number of nitrogens with one attached hydrogen (secondary N) is 3. The molecule has 0 radical (unpaired) electrons. The number of rotatable bonds is 5. The van der Waals surface area contributed by atoms with Gasteiger partial charge in [0, 0.05) is 28.0 Å². The zero-order chi connectivity index (χ0) is 20.9. The van der Waals surface area contributed by atoms with E-state index in [-0.39, 0.29) is 11.9 Å². The maximum atomic E-state index is 12.7. The molecule has 0 fully saturated rings. The number of para-hydroxylation sites is 1. The fourth-order valence-corrected chi connectivity index (χ4v) is 4.43. The first kappa shape index (κ1) is 19.8. The third-order valence-corrected chi connectivity index (χ3v) is 6.09. The largest absolute Gasteiger partial charge is 0.323 e. The Hall–Kier alpha value is -3.49. The average molecular weight is 435 g/mol. The van der Waals surface area contributed by atoms with E-state index in [9.17, 15) is 9.59 Å². The first-order valence-electron chi connectivity index (χ1n) is 9.13. The van der Waals surface area contributed by atoms with E-state index in [4.69, 9.17) is 0 Å². The molecule has 3 amide bonds. The van der Waals surface area contributed by atoms with Gasteiger partial charge in [-0.3, -0.25) is 4.79 Å². The monoisotopic (exact) mass is 434 g/mol. The number of hydrogen-bond donors (Lipinski definition) is 3. The molecule has 0 aliphatic heterocycles. The number of carbonyl (C=O) groups is 2. The van der Waals surface area contributed by atoms with Crippen LogP contribution in [0.3, 0.4) is 0 Å². The Balaban J connectivity index is 1.37. The van der Waals surface area contributed by atoms with E-state index in [1.807, 2.05) is 54.1 Å². The lowest BCUT2D eigenvalue weighted by atomic mass is 10.2. The summed E-state index contributed by atoms with van der Waals surface area (Å²) in [4.78, 5) is 29.8. The Morgan fingerprint density at radius 2 is 1.47 bits per heavy atom. The highest BCUT2D eigenvalue weighted by Crippen LogP contribution is 2.30. The van der Waals surface area contributed by atoms with Gasteiger partial charge in [0.2, 0.25) is 0 Å². The number of thiophene rings is 1. The molecule has 8 heteroatoms. The second-order valence-corrected chi connectivity index (χ2v) is 8.20. The first-order chi connectivity index (χ1) is 14.6. The van der Waals surface area contributed by atoms with Gasteiger partial charge in [-0.05, 0) is 54.8 Å². The quantitative estimate of drug-likeness (QED) is 0.356. The Morgan fingerprint density at radius 3 is 2.10 bits per heavy atom. The van der Waals surface area contributed by atoms with Gasteiger partial charge >= 0.3 is 6.03 Å². The fraction of sp³-hybridized carbons (Fsp3) is 0.0455. The molecule has 4 rings (SSSR count). The second-order valence-electron chi connectivity index (χ2n) is 6.42. The molecule has 2 heterocycles. The summed E-state index contributed by atoms with van der Waals surface area (Å²) in [5.74, 6) is -0.200. The molecule has 150 valence electrons. The number of aromatic nitrogens is 1. The molecule has 2 aromatic carbocycles. The van der Waals surface area contributed by atoms with Gasteiger partial charge in [0.1, 0.15) is 9.88 Å². The molecule has 0 aliphatic carbocycles. The summed E-state index contributed by atoms with van der Waals surface area (Å²) >= 11 is 2.97.